The van der Waals surface area contributed by atoms with E-state index in [-0.39, 0.29) is 25.6 Å². The van der Waals surface area contributed by atoms with Crippen LogP contribution in [-0.2, 0) is 16.0 Å². The first-order chi connectivity index (χ1) is 10.5. The van der Waals surface area contributed by atoms with Gasteiger partial charge >= 0.3 is 0 Å². The lowest BCUT2D eigenvalue weighted by Gasteiger charge is -2.41. The molecule has 0 saturated carbocycles. The molecule has 0 amide bonds. The Morgan fingerprint density at radius 1 is 1.59 bits per heavy atom. The first kappa shape index (κ1) is 16.4. The first-order valence-corrected chi connectivity index (χ1v) is 6.79. The van der Waals surface area contributed by atoms with Crippen LogP contribution in [0.15, 0.2) is 23.4 Å². The van der Waals surface area contributed by atoms with Crippen LogP contribution < -0.4 is 5.32 Å². The summed E-state index contributed by atoms with van der Waals surface area (Å²) in [4.78, 5) is 16.5. The van der Waals surface area contributed by atoms with Crippen LogP contribution in [0.5, 0.6) is 0 Å². The topological polar surface area (TPSA) is 102 Å². The third kappa shape index (κ3) is 3.62. The third-order valence-corrected chi connectivity index (χ3v) is 3.69. The van der Waals surface area contributed by atoms with Crippen LogP contribution in [0.3, 0.4) is 0 Å². The SMILES string of the molecule is COC1(OC)CN/C(=N\[N+](=O)[O-])N(Cc2ncccc2Cl)C1. The molecule has 9 nitrogen and oxygen atoms in total. The summed E-state index contributed by atoms with van der Waals surface area (Å²) in [6.07, 6.45) is 1.60. The molecule has 0 radical (unpaired) electrons. The molecule has 1 aliphatic rings. The minimum absolute atomic E-state index is 0.108. The second kappa shape index (κ2) is 6.86. The van der Waals surface area contributed by atoms with E-state index in [1.807, 2.05) is 0 Å². The van der Waals surface area contributed by atoms with Gasteiger partial charge in [0.15, 0.2) is 5.03 Å². The summed E-state index contributed by atoms with van der Waals surface area (Å²) < 4.78 is 10.7. The third-order valence-electron chi connectivity index (χ3n) is 3.34. The van der Waals surface area contributed by atoms with Crippen molar-refractivity contribution in [2.45, 2.75) is 12.3 Å². The Labute approximate surface area is 132 Å². The van der Waals surface area contributed by atoms with Crippen LogP contribution in [0.1, 0.15) is 5.69 Å². The molecule has 2 heterocycles. The number of guanidine groups is 1. The molecule has 0 bridgehead atoms. The lowest BCUT2D eigenvalue weighted by Crippen LogP contribution is -2.62. The van der Waals surface area contributed by atoms with Gasteiger partial charge in [-0.15, -0.1) is 0 Å². The van der Waals surface area contributed by atoms with Gasteiger partial charge in [0.2, 0.25) is 5.79 Å². The molecule has 1 saturated heterocycles. The average molecular weight is 330 g/mol. The predicted molar refractivity (Wildman–Crippen MR) is 78.8 cm³/mol. The van der Waals surface area contributed by atoms with Gasteiger partial charge < -0.3 is 19.7 Å². The van der Waals surface area contributed by atoms with Crippen molar-refractivity contribution in [3.8, 4) is 0 Å². The first-order valence-electron chi connectivity index (χ1n) is 6.41. The van der Waals surface area contributed by atoms with Crippen molar-refractivity contribution < 1.29 is 14.5 Å². The lowest BCUT2D eigenvalue weighted by molar-refractivity contribution is -0.486. The number of aromatic nitrogens is 1. The van der Waals surface area contributed by atoms with E-state index in [1.54, 1.807) is 23.2 Å². The van der Waals surface area contributed by atoms with E-state index in [4.69, 9.17) is 21.1 Å². The fourth-order valence-corrected chi connectivity index (χ4v) is 2.31. The lowest BCUT2D eigenvalue weighted by atomic mass is 10.2. The maximum atomic E-state index is 10.7. The van der Waals surface area contributed by atoms with Crippen LogP contribution in [0.2, 0.25) is 5.02 Å². The summed E-state index contributed by atoms with van der Waals surface area (Å²) in [5, 5.41) is 16.6. The molecule has 0 atom stereocenters. The molecular weight excluding hydrogens is 314 g/mol. The van der Waals surface area contributed by atoms with Gasteiger partial charge in [-0.05, 0) is 12.1 Å². The molecule has 10 heteroatoms. The van der Waals surface area contributed by atoms with Crippen LogP contribution in [-0.4, -0.2) is 54.0 Å². The molecule has 1 aromatic rings. The highest BCUT2D eigenvalue weighted by atomic mass is 35.5. The largest absolute Gasteiger partial charge is 0.350 e. The number of hydrogen-bond donors (Lipinski definition) is 1. The van der Waals surface area contributed by atoms with Crippen LogP contribution in [0, 0.1) is 10.1 Å². The molecule has 2 rings (SSSR count). The second-order valence-electron chi connectivity index (χ2n) is 4.62. The van der Waals surface area contributed by atoms with Crippen molar-refractivity contribution >= 4 is 17.6 Å². The van der Waals surface area contributed by atoms with Crippen LogP contribution in [0.25, 0.3) is 0 Å². The zero-order valence-electron chi connectivity index (χ0n) is 12.2. The van der Waals surface area contributed by atoms with Crippen molar-refractivity contribution in [1.29, 1.82) is 0 Å². The molecule has 22 heavy (non-hydrogen) atoms. The summed E-state index contributed by atoms with van der Waals surface area (Å²) in [7, 11) is 3.01. The van der Waals surface area contributed by atoms with Gasteiger partial charge in [-0.2, -0.15) is 0 Å². The van der Waals surface area contributed by atoms with Crippen molar-refractivity contribution in [2.24, 2.45) is 5.10 Å². The summed E-state index contributed by atoms with van der Waals surface area (Å²) in [6.45, 7) is 0.708. The van der Waals surface area contributed by atoms with Gasteiger partial charge in [-0.1, -0.05) is 11.6 Å². The van der Waals surface area contributed by atoms with Crippen molar-refractivity contribution in [3.05, 3.63) is 39.2 Å². The van der Waals surface area contributed by atoms with Crippen LogP contribution >= 0.6 is 11.6 Å². The molecular formula is C12H16ClN5O4. The second-order valence-corrected chi connectivity index (χ2v) is 5.03. The summed E-state index contributed by atoms with van der Waals surface area (Å²) in [5.74, 6) is -0.826. The van der Waals surface area contributed by atoms with Crippen molar-refractivity contribution in [1.82, 2.24) is 15.2 Å². The number of methoxy groups -OCH3 is 2. The molecule has 1 aliphatic heterocycles. The number of halogens is 1. The highest BCUT2D eigenvalue weighted by molar-refractivity contribution is 6.31. The quantitative estimate of drug-likeness (QED) is 0.481. The molecule has 1 N–H and O–H groups in total. The Hall–Kier alpha value is -1.97. The van der Waals surface area contributed by atoms with Gasteiger partial charge in [-0.25, -0.2) is 10.1 Å². The zero-order valence-corrected chi connectivity index (χ0v) is 12.9. The summed E-state index contributed by atoms with van der Waals surface area (Å²) >= 11 is 6.09. The number of ether oxygens (including phenoxy) is 2. The molecule has 1 fully saturated rings. The van der Waals surface area contributed by atoms with E-state index < -0.39 is 10.8 Å². The highest BCUT2D eigenvalue weighted by Gasteiger charge is 2.39. The highest BCUT2D eigenvalue weighted by Crippen LogP contribution is 2.21. The van der Waals surface area contributed by atoms with Crippen molar-refractivity contribution in [2.75, 3.05) is 27.3 Å². The Kier molecular flexibility index (Phi) is 5.11. The van der Waals surface area contributed by atoms with Gasteiger partial charge in [0.25, 0.3) is 5.96 Å². The maximum absolute atomic E-state index is 10.7. The fourth-order valence-electron chi connectivity index (χ4n) is 2.13. The van der Waals surface area contributed by atoms with Gasteiger partial charge in [0.1, 0.15) is 5.10 Å². The predicted octanol–water partition coefficient (Wildman–Crippen LogP) is 0.677. The fraction of sp³-hybridized carbons (Fsp3) is 0.500. The number of hydrogen-bond acceptors (Lipinski definition) is 5. The number of rotatable bonds is 5. The number of hydrazone groups is 1. The van der Waals surface area contributed by atoms with E-state index in [2.05, 4.69) is 15.4 Å². The summed E-state index contributed by atoms with van der Waals surface area (Å²) in [6, 6.07) is 3.41. The van der Waals surface area contributed by atoms with Crippen LogP contribution in [0.4, 0.5) is 0 Å². The summed E-state index contributed by atoms with van der Waals surface area (Å²) in [5.41, 5.74) is 0.574. The Morgan fingerprint density at radius 2 is 2.32 bits per heavy atom. The number of nitro groups is 1. The van der Waals surface area contributed by atoms with E-state index in [0.717, 1.165) is 0 Å². The molecule has 0 spiro atoms. The number of pyridine rings is 1. The van der Waals surface area contributed by atoms with Gasteiger partial charge in [-0.3, -0.25) is 4.98 Å². The van der Waals surface area contributed by atoms with E-state index in [0.29, 0.717) is 10.7 Å². The van der Waals surface area contributed by atoms with E-state index in [9.17, 15) is 10.1 Å². The normalized spacial score (nSPS) is 19.0. The molecule has 0 aliphatic carbocycles. The van der Waals surface area contributed by atoms with Crippen molar-refractivity contribution in [3.63, 3.8) is 0 Å². The monoisotopic (exact) mass is 329 g/mol. The molecule has 120 valence electrons. The molecule has 0 unspecified atom stereocenters. The average Bonchev–Trinajstić information content (AvgIpc) is 2.51. The Balaban J connectivity index is 2.28. The van der Waals surface area contributed by atoms with Gasteiger partial charge in [0.05, 0.1) is 30.4 Å². The number of nitrogens with one attached hydrogen (secondary N) is 1. The standard InChI is InChI=1S/C12H16ClN5O4/c1-21-12(22-2)7-15-11(16-18(19)20)17(8-12)6-10-9(13)4-3-5-14-10/h3-5H,6-8H2,1-2H3,(H,15,16). The van der Waals surface area contributed by atoms with E-state index >= 15 is 0 Å². The maximum Gasteiger partial charge on any atom is 0.272 e. The molecule has 0 aromatic carbocycles. The minimum Gasteiger partial charge on any atom is -0.350 e. The van der Waals surface area contributed by atoms with E-state index in [1.165, 1.54) is 14.2 Å². The minimum atomic E-state index is -0.934. The number of nitrogens with zero attached hydrogens (tertiary/aromatic N) is 4. The molecule has 1 aromatic heterocycles. The Bertz CT molecular complexity index is 578. The Morgan fingerprint density at radius 3 is 2.91 bits per heavy atom. The zero-order chi connectivity index (χ0) is 16.2. The smallest absolute Gasteiger partial charge is 0.272 e. The van der Waals surface area contributed by atoms with Gasteiger partial charge in [0, 0.05) is 20.4 Å².